The van der Waals surface area contributed by atoms with Gasteiger partial charge in [0, 0.05) is 26.7 Å². The fraction of sp³-hybridized carbons (Fsp3) is 0.462. The van der Waals surface area contributed by atoms with Crippen molar-refractivity contribution in [2.24, 2.45) is 0 Å². The summed E-state index contributed by atoms with van der Waals surface area (Å²) in [5, 5.41) is 12.3. The molecule has 1 fully saturated rings. The molecule has 1 atom stereocenters. The molecule has 0 radical (unpaired) electrons. The lowest BCUT2D eigenvalue weighted by molar-refractivity contribution is -0.0148. The van der Waals surface area contributed by atoms with Crippen molar-refractivity contribution in [3.63, 3.8) is 0 Å². The molecule has 0 saturated carbocycles. The molecule has 1 amide bonds. The molecule has 1 aromatic carbocycles. The number of carbonyl (C=O) groups is 1. The molecule has 98 valence electrons. The molecule has 2 rings (SSSR count). The Balaban J connectivity index is 1.98. The summed E-state index contributed by atoms with van der Waals surface area (Å²) >= 11 is 0. The topological polar surface area (TPSA) is 67.8 Å². The number of rotatable bonds is 4. The van der Waals surface area contributed by atoms with E-state index in [2.05, 4.69) is 5.32 Å². The van der Waals surface area contributed by atoms with Gasteiger partial charge in [0.25, 0.3) is 5.91 Å². The van der Waals surface area contributed by atoms with Gasteiger partial charge in [-0.2, -0.15) is 0 Å². The first kappa shape index (κ1) is 12.9. The fourth-order valence-corrected chi connectivity index (χ4v) is 1.96. The quantitative estimate of drug-likeness (QED) is 0.835. The largest absolute Gasteiger partial charge is 0.507 e. The SMILES string of the molecule is COC1(CNC(=O)c2ccccc2O)CCOC1. The highest BCUT2D eigenvalue weighted by molar-refractivity contribution is 5.96. The number of hydrogen-bond acceptors (Lipinski definition) is 4. The predicted molar refractivity (Wildman–Crippen MR) is 65.6 cm³/mol. The highest BCUT2D eigenvalue weighted by Gasteiger charge is 2.35. The van der Waals surface area contributed by atoms with Crippen LogP contribution in [0.5, 0.6) is 5.75 Å². The Morgan fingerprint density at radius 2 is 2.33 bits per heavy atom. The number of nitrogens with one attached hydrogen (secondary N) is 1. The summed E-state index contributed by atoms with van der Waals surface area (Å²) in [4.78, 5) is 11.9. The van der Waals surface area contributed by atoms with Gasteiger partial charge in [0.05, 0.1) is 12.2 Å². The van der Waals surface area contributed by atoms with Crippen molar-refractivity contribution < 1.29 is 19.4 Å². The van der Waals surface area contributed by atoms with E-state index < -0.39 is 5.60 Å². The molecule has 1 heterocycles. The normalized spacial score (nSPS) is 22.9. The maximum atomic E-state index is 11.9. The van der Waals surface area contributed by atoms with Crippen LogP contribution >= 0.6 is 0 Å². The smallest absolute Gasteiger partial charge is 0.255 e. The molecule has 1 aliphatic heterocycles. The van der Waals surface area contributed by atoms with Gasteiger partial charge in [-0.3, -0.25) is 4.79 Å². The van der Waals surface area contributed by atoms with Crippen LogP contribution in [-0.2, 0) is 9.47 Å². The molecule has 5 nitrogen and oxygen atoms in total. The van der Waals surface area contributed by atoms with E-state index in [0.29, 0.717) is 19.8 Å². The first-order valence-corrected chi connectivity index (χ1v) is 5.86. The number of ether oxygens (including phenoxy) is 2. The summed E-state index contributed by atoms with van der Waals surface area (Å²) in [6, 6.07) is 6.45. The Labute approximate surface area is 106 Å². The number of amides is 1. The van der Waals surface area contributed by atoms with E-state index in [1.165, 1.54) is 6.07 Å². The maximum Gasteiger partial charge on any atom is 0.255 e. The Hall–Kier alpha value is -1.59. The molecular formula is C13H17NO4. The van der Waals surface area contributed by atoms with Crippen LogP contribution in [0.4, 0.5) is 0 Å². The van der Waals surface area contributed by atoms with Gasteiger partial charge in [0.2, 0.25) is 0 Å². The van der Waals surface area contributed by atoms with Crippen LogP contribution in [0.1, 0.15) is 16.8 Å². The summed E-state index contributed by atoms with van der Waals surface area (Å²) in [5.74, 6) is -0.333. The molecule has 2 N–H and O–H groups in total. The average Bonchev–Trinajstić information content (AvgIpc) is 2.86. The van der Waals surface area contributed by atoms with Crippen LogP contribution in [0.3, 0.4) is 0 Å². The first-order chi connectivity index (χ1) is 8.67. The van der Waals surface area contributed by atoms with Gasteiger partial charge >= 0.3 is 0 Å². The van der Waals surface area contributed by atoms with E-state index in [9.17, 15) is 9.90 Å². The van der Waals surface area contributed by atoms with Crippen molar-refractivity contribution in [1.29, 1.82) is 0 Å². The zero-order valence-corrected chi connectivity index (χ0v) is 10.3. The van der Waals surface area contributed by atoms with Crippen LogP contribution < -0.4 is 5.32 Å². The number of hydrogen-bond donors (Lipinski definition) is 2. The zero-order chi connectivity index (χ0) is 13.0. The molecule has 18 heavy (non-hydrogen) atoms. The number of phenols is 1. The highest BCUT2D eigenvalue weighted by atomic mass is 16.5. The van der Waals surface area contributed by atoms with Crippen molar-refractivity contribution in [2.45, 2.75) is 12.0 Å². The van der Waals surface area contributed by atoms with E-state index in [-0.39, 0.29) is 17.2 Å². The van der Waals surface area contributed by atoms with E-state index in [1.54, 1.807) is 25.3 Å². The summed E-state index contributed by atoms with van der Waals surface area (Å²) in [7, 11) is 1.61. The summed E-state index contributed by atoms with van der Waals surface area (Å²) in [5.41, 5.74) is -0.178. The van der Waals surface area contributed by atoms with Crippen molar-refractivity contribution in [3.05, 3.63) is 29.8 Å². The van der Waals surface area contributed by atoms with Crippen molar-refractivity contribution in [3.8, 4) is 5.75 Å². The second-order valence-electron chi connectivity index (χ2n) is 4.39. The Morgan fingerprint density at radius 1 is 1.56 bits per heavy atom. The minimum atomic E-state index is -0.444. The monoisotopic (exact) mass is 251 g/mol. The van der Waals surface area contributed by atoms with E-state index >= 15 is 0 Å². The van der Waals surface area contributed by atoms with Gasteiger partial charge in [-0.25, -0.2) is 0 Å². The second-order valence-corrected chi connectivity index (χ2v) is 4.39. The van der Waals surface area contributed by atoms with E-state index in [1.807, 2.05) is 0 Å². The van der Waals surface area contributed by atoms with Crippen LogP contribution in [0, 0.1) is 0 Å². The van der Waals surface area contributed by atoms with Gasteiger partial charge in [-0.05, 0) is 12.1 Å². The van der Waals surface area contributed by atoms with Gasteiger partial charge in [0.1, 0.15) is 11.4 Å². The first-order valence-electron chi connectivity index (χ1n) is 5.86. The molecule has 1 unspecified atom stereocenters. The molecular weight excluding hydrogens is 234 g/mol. The number of methoxy groups -OCH3 is 1. The van der Waals surface area contributed by atoms with Crippen molar-refractivity contribution in [1.82, 2.24) is 5.32 Å². The van der Waals surface area contributed by atoms with E-state index in [0.717, 1.165) is 6.42 Å². The third kappa shape index (κ3) is 2.63. The molecule has 1 aliphatic rings. The molecule has 0 aromatic heterocycles. The maximum absolute atomic E-state index is 11.9. The number of aromatic hydroxyl groups is 1. The summed E-state index contributed by atoms with van der Waals surface area (Å²) in [6.45, 7) is 1.49. The summed E-state index contributed by atoms with van der Waals surface area (Å²) in [6.07, 6.45) is 0.755. The Bertz CT molecular complexity index is 427. The van der Waals surface area contributed by atoms with Crippen molar-refractivity contribution in [2.75, 3.05) is 26.9 Å². The van der Waals surface area contributed by atoms with Crippen molar-refractivity contribution >= 4 is 5.91 Å². The third-order valence-electron chi connectivity index (χ3n) is 3.22. The van der Waals surface area contributed by atoms with Crippen LogP contribution in [-0.4, -0.2) is 43.5 Å². The lowest BCUT2D eigenvalue weighted by Crippen LogP contribution is -2.45. The molecule has 0 bridgehead atoms. The lowest BCUT2D eigenvalue weighted by Gasteiger charge is -2.25. The van der Waals surface area contributed by atoms with Gasteiger partial charge in [-0.15, -0.1) is 0 Å². The Kier molecular flexibility index (Phi) is 3.84. The predicted octanol–water partition coefficient (Wildman–Crippen LogP) is 0.927. The van der Waals surface area contributed by atoms with E-state index in [4.69, 9.17) is 9.47 Å². The fourth-order valence-electron chi connectivity index (χ4n) is 1.96. The number of benzene rings is 1. The van der Waals surface area contributed by atoms with Crippen LogP contribution in [0.25, 0.3) is 0 Å². The molecule has 0 spiro atoms. The molecule has 1 saturated heterocycles. The molecule has 0 aliphatic carbocycles. The highest BCUT2D eigenvalue weighted by Crippen LogP contribution is 2.22. The molecule has 1 aromatic rings. The number of para-hydroxylation sites is 1. The third-order valence-corrected chi connectivity index (χ3v) is 3.22. The van der Waals surface area contributed by atoms with Crippen LogP contribution in [0.2, 0.25) is 0 Å². The Morgan fingerprint density at radius 3 is 2.94 bits per heavy atom. The minimum absolute atomic E-state index is 0.0239. The van der Waals surface area contributed by atoms with Crippen LogP contribution in [0.15, 0.2) is 24.3 Å². The summed E-state index contributed by atoms with van der Waals surface area (Å²) < 4.78 is 10.7. The number of phenolic OH excluding ortho intramolecular Hbond substituents is 1. The lowest BCUT2D eigenvalue weighted by atomic mass is 10.0. The number of carbonyl (C=O) groups excluding carboxylic acids is 1. The standard InChI is InChI=1S/C13H17NO4/c1-17-13(6-7-18-9-13)8-14-12(16)10-4-2-3-5-11(10)15/h2-5,15H,6-9H2,1H3,(H,14,16). The zero-order valence-electron chi connectivity index (χ0n) is 10.3. The van der Waals surface area contributed by atoms with Gasteiger partial charge in [-0.1, -0.05) is 12.1 Å². The molecule has 5 heteroatoms. The van der Waals surface area contributed by atoms with Gasteiger partial charge in [0.15, 0.2) is 0 Å². The second kappa shape index (κ2) is 5.37. The minimum Gasteiger partial charge on any atom is -0.507 e. The average molecular weight is 251 g/mol. The van der Waals surface area contributed by atoms with Gasteiger partial charge < -0.3 is 19.9 Å².